The van der Waals surface area contributed by atoms with Crippen LogP contribution in [-0.2, 0) is 51.1 Å². The van der Waals surface area contributed by atoms with Gasteiger partial charge in [-0.3, -0.25) is 19.2 Å². The molecule has 0 aliphatic carbocycles. The number of anilines is 1. The molecule has 4 aromatic rings. The number of nitrogens with zero attached hydrogens (tertiary/aromatic N) is 5. The van der Waals surface area contributed by atoms with Crippen LogP contribution in [0.5, 0.6) is 0 Å². The summed E-state index contributed by atoms with van der Waals surface area (Å²) in [7, 11) is 0. The van der Waals surface area contributed by atoms with Crippen molar-refractivity contribution in [2.45, 2.75) is 114 Å². The second-order valence-electron chi connectivity index (χ2n) is 19.3. The Bertz CT molecular complexity index is 2250. The Kier molecular flexibility index (Phi) is 19.5. The number of rotatable bonds is 23. The number of oxazole rings is 1. The number of nitrogens with one attached hydrogen (secondary N) is 3. The minimum atomic E-state index is -0.922. The lowest BCUT2D eigenvalue weighted by molar-refractivity contribution is -0.144. The molecule has 4 amide bonds. The molecule has 372 valence electrons. The summed E-state index contributed by atoms with van der Waals surface area (Å²) in [6.07, 6.45) is 4.40. The highest BCUT2D eigenvalue weighted by atomic mass is 32.2. The van der Waals surface area contributed by atoms with Crippen LogP contribution in [0, 0.1) is 18.3 Å². The molecule has 3 unspecified atom stereocenters. The summed E-state index contributed by atoms with van der Waals surface area (Å²) in [5, 5.41) is 20.0. The molecule has 1 aromatic carbocycles. The number of carbonyl (C=O) groups is 4. The molecule has 3 atom stereocenters. The van der Waals surface area contributed by atoms with Crippen LogP contribution in [-0.4, -0.2) is 137 Å². The molecule has 6 rings (SSSR count). The number of aromatic nitrogens is 3. The zero-order chi connectivity index (χ0) is 48.8. The van der Waals surface area contributed by atoms with E-state index in [2.05, 4.69) is 56.6 Å². The first-order valence-corrected chi connectivity index (χ1v) is 26.0. The Morgan fingerprint density at radius 3 is 2.25 bits per heavy atom. The van der Waals surface area contributed by atoms with Crippen LogP contribution in [0.15, 0.2) is 50.8 Å². The summed E-state index contributed by atoms with van der Waals surface area (Å²) in [6, 6.07) is 6.10. The third-order valence-electron chi connectivity index (χ3n) is 11.8. The summed E-state index contributed by atoms with van der Waals surface area (Å²) in [5.41, 5.74) is 3.98. The number of ether oxygens (including phenoxy) is 3. The highest BCUT2D eigenvalue weighted by Gasteiger charge is 2.44. The maximum absolute atomic E-state index is 13.9. The number of thioether (sulfide) groups is 1. The van der Waals surface area contributed by atoms with Crippen molar-refractivity contribution < 1.29 is 42.9 Å². The van der Waals surface area contributed by atoms with Gasteiger partial charge in [0.2, 0.25) is 29.5 Å². The van der Waals surface area contributed by atoms with Crippen LogP contribution in [0.4, 0.5) is 5.13 Å². The van der Waals surface area contributed by atoms with E-state index in [0.29, 0.717) is 49.8 Å². The highest BCUT2D eigenvalue weighted by Crippen LogP contribution is 2.33. The molecule has 4 N–H and O–H groups in total. The predicted molar refractivity (Wildman–Crippen MR) is 263 cm³/mol. The minimum absolute atomic E-state index is 0.000152. The Morgan fingerprint density at radius 1 is 0.912 bits per heavy atom. The number of benzene rings is 1. The Labute approximate surface area is 411 Å². The van der Waals surface area contributed by atoms with Gasteiger partial charge in [0.05, 0.1) is 84.2 Å². The first-order chi connectivity index (χ1) is 32.4. The molecule has 0 bridgehead atoms. The molecule has 3 aromatic heterocycles. The summed E-state index contributed by atoms with van der Waals surface area (Å²) < 4.78 is 23.9. The van der Waals surface area contributed by atoms with Crippen molar-refractivity contribution in [3.8, 4) is 10.4 Å². The van der Waals surface area contributed by atoms with E-state index in [1.165, 1.54) is 16.2 Å². The average Bonchev–Trinajstić information content (AvgIpc) is 4.14. The van der Waals surface area contributed by atoms with Crippen LogP contribution < -0.4 is 16.0 Å². The fraction of sp³-hybridized carbons (Fsp3) is 0.604. The molecular formula is C48H68N8O9S3. The van der Waals surface area contributed by atoms with Gasteiger partial charge in [-0.2, -0.15) is 0 Å². The Hall–Kier alpha value is -4.28. The van der Waals surface area contributed by atoms with Gasteiger partial charge < -0.3 is 49.5 Å². The molecule has 20 heteroatoms. The molecule has 2 aliphatic heterocycles. The standard InChI is InChI=1S/C48H68N8O9S3/c1-31-41(67-30-52-31)33-10-8-32(9-11-33)25-50-44(60)36-24-35(57)28-56(36)45(61)42(48(5,6)7)53-38(58)14-18-62-20-22-64-23-21-63-19-17-55-15-12-34(13-16-55)43(59)54-46-51-27-40(68-46)66-29-39-49-26-37(65-39)47(2,3)4/h8-11,26-27,30,34-36,42,57H,12-25,28-29H2,1-7H3,(H,50,60)(H,53,58)(H,51,54,59). The van der Waals surface area contributed by atoms with Crippen LogP contribution in [0.25, 0.3) is 10.4 Å². The van der Waals surface area contributed by atoms with E-state index in [4.69, 9.17) is 18.6 Å². The molecule has 0 spiro atoms. The molecule has 2 fully saturated rings. The van der Waals surface area contributed by atoms with E-state index >= 15 is 0 Å². The normalized spacial score (nSPS) is 17.6. The van der Waals surface area contributed by atoms with Crippen LogP contribution >= 0.6 is 34.4 Å². The first kappa shape index (κ1) is 53.1. The summed E-state index contributed by atoms with van der Waals surface area (Å²) >= 11 is 4.62. The topological polar surface area (TPSA) is 211 Å². The van der Waals surface area contributed by atoms with Crippen molar-refractivity contribution in [2.24, 2.45) is 11.3 Å². The van der Waals surface area contributed by atoms with E-state index in [1.54, 1.807) is 35.5 Å². The third kappa shape index (κ3) is 15.9. The van der Waals surface area contributed by atoms with Crippen LogP contribution in [0.2, 0.25) is 0 Å². The lowest BCUT2D eigenvalue weighted by atomic mass is 9.85. The number of aliphatic hydroxyl groups is 1. The Morgan fingerprint density at radius 2 is 1.60 bits per heavy atom. The number of thiazole rings is 2. The summed E-state index contributed by atoms with van der Waals surface area (Å²) in [4.78, 5) is 71.3. The molecule has 17 nitrogen and oxygen atoms in total. The van der Waals surface area contributed by atoms with Crippen molar-refractivity contribution in [1.29, 1.82) is 0 Å². The molecule has 0 saturated carbocycles. The third-order valence-corrected chi connectivity index (χ3v) is 14.9. The van der Waals surface area contributed by atoms with Crippen molar-refractivity contribution in [1.82, 2.24) is 35.4 Å². The SMILES string of the molecule is Cc1ncsc1-c1ccc(CNC(=O)C2CC(O)CN2C(=O)C(NC(=O)CCOCCOCCOCCN2CCC(C(=O)Nc3ncc(SCc4ncc(C(C)(C)C)o4)s3)CC2)C(C)(C)C)cc1. The molecule has 0 radical (unpaired) electrons. The van der Waals surface area contributed by atoms with E-state index in [9.17, 15) is 24.3 Å². The number of aliphatic hydroxyl groups excluding tert-OH is 1. The number of β-amino-alcohol motifs (C(OH)–C–C–N with tert-alkyl or cyclic N) is 1. The van der Waals surface area contributed by atoms with Crippen LogP contribution in [0.3, 0.4) is 0 Å². The van der Waals surface area contributed by atoms with Gasteiger partial charge in [-0.15, -0.1) is 23.1 Å². The summed E-state index contributed by atoms with van der Waals surface area (Å²) in [6.45, 7) is 18.6. The molecule has 68 heavy (non-hydrogen) atoms. The second-order valence-corrected chi connectivity index (χ2v) is 22.4. The van der Waals surface area contributed by atoms with Crippen molar-refractivity contribution >= 4 is 63.2 Å². The quantitative estimate of drug-likeness (QED) is 0.0493. The molecule has 2 aliphatic rings. The fourth-order valence-corrected chi connectivity index (χ4v) is 10.3. The van der Waals surface area contributed by atoms with Gasteiger partial charge in [-0.05, 0) is 49.4 Å². The van der Waals surface area contributed by atoms with Gasteiger partial charge in [-0.1, -0.05) is 77.1 Å². The lowest BCUT2D eigenvalue weighted by Gasteiger charge is -2.35. The molecule has 2 saturated heterocycles. The first-order valence-electron chi connectivity index (χ1n) is 23.3. The van der Waals surface area contributed by atoms with Gasteiger partial charge in [0, 0.05) is 43.8 Å². The van der Waals surface area contributed by atoms with E-state index < -0.39 is 29.5 Å². The lowest BCUT2D eigenvalue weighted by Crippen LogP contribution is -2.57. The number of hydrogen-bond acceptors (Lipinski definition) is 16. The van der Waals surface area contributed by atoms with Gasteiger partial charge >= 0.3 is 0 Å². The van der Waals surface area contributed by atoms with E-state index in [0.717, 1.165) is 64.1 Å². The number of hydrogen-bond donors (Lipinski definition) is 4. The van der Waals surface area contributed by atoms with Gasteiger partial charge in [0.25, 0.3) is 0 Å². The summed E-state index contributed by atoms with van der Waals surface area (Å²) in [5.74, 6) is 0.947. The van der Waals surface area contributed by atoms with Gasteiger partial charge in [0.1, 0.15) is 17.8 Å². The maximum atomic E-state index is 13.9. The van der Waals surface area contributed by atoms with Crippen LogP contribution in [0.1, 0.15) is 90.1 Å². The average molecular weight is 997 g/mol. The second kappa shape index (κ2) is 25.0. The number of amides is 4. The fourth-order valence-electron chi connectivity index (χ4n) is 7.78. The number of likely N-dealkylation sites (tertiary alicyclic amines) is 2. The zero-order valence-corrected chi connectivity index (χ0v) is 42.8. The van der Waals surface area contributed by atoms with Gasteiger partial charge in [0.15, 0.2) is 5.13 Å². The zero-order valence-electron chi connectivity index (χ0n) is 40.3. The maximum Gasteiger partial charge on any atom is 0.246 e. The number of piperidine rings is 1. The van der Waals surface area contributed by atoms with Crippen molar-refractivity contribution in [3.63, 3.8) is 0 Å². The van der Waals surface area contributed by atoms with Crippen molar-refractivity contribution in [2.75, 3.05) is 71.1 Å². The van der Waals surface area contributed by atoms with Crippen molar-refractivity contribution in [3.05, 3.63) is 65.1 Å². The largest absolute Gasteiger partial charge is 0.444 e. The Balaban J connectivity index is 0.788. The number of carbonyl (C=O) groups excluding carboxylic acids is 4. The molecule has 5 heterocycles. The molecular weight excluding hydrogens is 929 g/mol. The monoisotopic (exact) mass is 996 g/mol. The van der Waals surface area contributed by atoms with Gasteiger partial charge in [-0.25, -0.2) is 15.0 Å². The predicted octanol–water partition coefficient (Wildman–Crippen LogP) is 6.05. The highest BCUT2D eigenvalue weighted by molar-refractivity contribution is 8.00. The van der Waals surface area contributed by atoms with E-state index in [1.807, 2.05) is 57.5 Å². The smallest absolute Gasteiger partial charge is 0.246 e. The minimum Gasteiger partial charge on any atom is -0.444 e. The number of aryl methyl sites for hydroxylation is 1. The van der Waals surface area contributed by atoms with E-state index in [-0.39, 0.29) is 61.6 Å².